The molecule has 0 amide bonds. The highest BCUT2D eigenvalue weighted by atomic mass is 15.1. The Balaban J connectivity index is 3.05. The van der Waals surface area contributed by atoms with Crippen LogP contribution in [0.3, 0.4) is 0 Å². The lowest BCUT2D eigenvalue weighted by molar-refractivity contribution is 0.408. The van der Waals surface area contributed by atoms with Gasteiger partial charge >= 0.3 is 0 Å². The van der Waals surface area contributed by atoms with Crippen molar-refractivity contribution in [2.75, 3.05) is 0 Å². The minimum Gasteiger partial charge on any atom is -0.334 e. The highest BCUT2D eigenvalue weighted by Gasteiger charge is 2.29. The van der Waals surface area contributed by atoms with Crippen molar-refractivity contribution in [3.05, 3.63) is 17.7 Å². The zero-order chi connectivity index (χ0) is 15.9. The molecule has 0 radical (unpaired) electrons. The summed E-state index contributed by atoms with van der Waals surface area (Å²) in [5.41, 5.74) is 3.08. The fourth-order valence-corrected chi connectivity index (χ4v) is 3.12. The van der Waals surface area contributed by atoms with E-state index >= 15 is 0 Å². The van der Waals surface area contributed by atoms with Gasteiger partial charge in [-0.25, -0.2) is 4.98 Å². The number of nitrogens with zero attached hydrogens (tertiary/aromatic N) is 2. The summed E-state index contributed by atoms with van der Waals surface area (Å²) in [7, 11) is 0. The number of hydrogen-bond acceptors (Lipinski definition) is 1. The van der Waals surface area contributed by atoms with Gasteiger partial charge in [0.1, 0.15) is 0 Å². The van der Waals surface area contributed by atoms with E-state index < -0.39 is 0 Å². The number of aryl methyl sites for hydroxylation is 1. The molecule has 1 rings (SSSR count). The number of hydrogen-bond donors (Lipinski definition) is 0. The summed E-state index contributed by atoms with van der Waals surface area (Å²) in [5.74, 6) is 0.563. The van der Waals surface area contributed by atoms with Crippen LogP contribution in [0.25, 0.3) is 0 Å². The van der Waals surface area contributed by atoms with Gasteiger partial charge in [0.25, 0.3) is 0 Å². The maximum Gasteiger partial charge on any atom is 0.0951 e. The molecule has 0 aromatic carbocycles. The van der Waals surface area contributed by atoms with Crippen molar-refractivity contribution in [2.24, 2.45) is 0 Å². The third-order valence-electron chi connectivity index (χ3n) is 4.74. The molecule has 0 aliphatic carbocycles. The summed E-state index contributed by atoms with van der Waals surface area (Å²) in [6.45, 7) is 15.1. The molecule has 0 saturated heterocycles. The van der Waals surface area contributed by atoms with Crippen LogP contribution in [0.1, 0.15) is 104 Å². The van der Waals surface area contributed by atoms with Gasteiger partial charge in [-0.2, -0.15) is 0 Å². The number of aromatic nitrogens is 2. The van der Waals surface area contributed by atoms with E-state index in [9.17, 15) is 0 Å². The Bertz CT molecular complexity index is 404. The van der Waals surface area contributed by atoms with Gasteiger partial charge < -0.3 is 4.57 Å². The zero-order valence-electron chi connectivity index (χ0n) is 15.2. The first-order valence-electron chi connectivity index (χ1n) is 9.03. The molecule has 1 aromatic rings. The monoisotopic (exact) mass is 292 g/mol. The Morgan fingerprint density at radius 2 is 1.76 bits per heavy atom. The van der Waals surface area contributed by atoms with Crippen LogP contribution in [0.2, 0.25) is 0 Å². The average Bonchev–Trinajstić information content (AvgIpc) is 2.89. The average molecular weight is 293 g/mol. The zero-order valence-corrected chi connectivity index (χ0v) is 15.2. The van der Waals surface area contributed by atoms with Crippen LogP contribution in [0.4, 0.5) is 0 Å². The highest BCUT2D eigenvalue weighted by Crippen LogP contribution is 2.35. The van der Waals surface area contributed by atoms with Crippen molar-refractivity contribution >= 4 is 0 Å². The molecular formula is C19H36N2. The number of unbranched alkanes of at least 4 members (excludes halogenated alkanes) is 3. The van der Waals surface area contributed by atoms with Crippen molar-refractivity contribution in [1.29, 1.82) is 0 Å². The normalized spacial score (nSPS) is 13.6. The predicted octanol–water partition coefficient (Wildman–Crippen LogP) is 6.05. The third-order valence-corrected chi connectivity index (χ3v) is 4.74. The SMILES string of the molecule is CCCCCC(C)(C)c1c(C(C)CC)ncn1CCCC. The van der Waals surface area contributed by atoms with E-state index in [2.05, 4.69) is 52.4 Å². The first kappa shape index (κ1) is 18.3. The van der Waals surface area contributed by atoms with E-state index in [-0.39, 0.29) is 5.41 Å². The Labute approximate surface area is 132 Å². The van der Waals surface area contributed by atoms with Crippen molar-refractivity contribution in [3.8, 4) is 0 Å². The summed E-state index contributed by atoms with van der Waals surface area (Å²) in [6.07, 6.45) is 11.0. The van der Waals surface area contributed by atoms with Crippen LogP contribution in [0.5, 0.6) is 0 Å². The molecular weight excluding hydrogens is 256 g/mol. The lowest BCUT2D eigenvalue weighted by Gasteiger charge is -2.29. The maximum atomic E-state index is 4.80. The molecule has 0 N–H and O–H groups in total. The first-order valence-corrected chi connectivity index (χ1v) is 9.03. The van der Waals surface area contributed by atoms with Crippen molar-refractivity contribution in [1.82, 2.24) is 9.55 Å². The summed E-state index contributed by atoms with van der Waals surface area (Å²) >= 11 is 0. The molecule has 0 aliphatic rings. The van der Waals surface area contributed by atoms with E-state index in [1.54, 1.807) is 0 Å². The van der Waals surface area contributed by atoms with E-state index in [1.807, 2.05) is 0 Å². The molecule has 2 nitrogen and oxygen atoms in total. The van der Waals surface area contributed by atoms with Gasteiger partial charge in [0.2, 0.25) is 0 Å². The summed E-state index contributed by atoms with van der Waals surface area (Å²) in [5, 5.41) is 0. The molecule has 1 aromatic heterocycles. The van der Waals surface area contributed by atoms with E-state index in [4.69, 9.17) is 4.98 Å². The molecule has 21 heavy (non-hydrogen) atoms. The smallest absolute Gasteiger partial charge is 0.0951 e. The van der Waals surface area contributed by atoms with Gasteiger partial charge in [0, 0.05) is 17.7 Å². The standard InChI is InChI=1S/C19H36N2/c1-7-10-12-13-19(5,6)18-17(16(4)9-3)20-15-21(18)14-11-8-2/h15-16H,7-14H2,1-6H3. The molecule has 2 heteroatoms. The van der Waals surface area contributed by atoms with Crippen LogP contribution >= 0.6 is 0 Å². The fourth-order valence-electron chi connectivity index (χ4n) is 3.12. The Hall–Kier alpha value is -0.790. The second kappa shape index (κ2) is 8.60. The molecule has 1 atom stereocenters. The molecule has 0 aliphatic heterocycles. The minimum absolute atomic E-state index is 0.234. The van der Waals surface area contributed by atoms with Crippen LogP contribution < -0.4 is 0 Å². The summed E-state index contributed by atoms with van der Waals surface area (Å²) in [6, 6.07) is 0. The Morgan fingerprint density at radius 3 is 2.33 bits per heavy atom. The molecule has 1 heterocycles. The molecule has 0 spiro atoms. The molecule has 122 valence electrons. The second-order valence-corrected chi connectivity index (χ2v) is 7.18. The third kappa shape index (κ3) is 4.86. The van der Waals surface area contributed by atoms with Gasteiger partial charge in [0.05, 0.1) is 12.0 Å². The van der Waals surface area contributed by atoms with E-state index in [0.29, 0.717) is 5.92 Å². The van der Waals surface area contributed by atoms with Gasteiger partial charge in [0.15, 0.2) is 0 Å². The van der Waals surface area contributed by atoms with Gasteiger partial charge in [-0.15, -0.1) is 0 Å². The highest BCUT2D eigenvalue weighted by molar-refractivity contribution is 5.25. The van der Waals surface area contributed by atoms with Crippen molar-refractivity contribution in [2.45, 2.75) is 104 Å². The molecule has 1 unspecified atom stereocenters. The fraction of sp³-hybridized carbons (Fsp3) is 0.842. The van der Waals surface area contributed by atoms with Crippen LogP contribution in [-0.2, 0) is 12.0 Å². The largest absolute Gasteiger partial charge is 0.334 e. The lowest BCUT2D eigenvalue weighted by Crippen LogP contribution is -2.24. The predicted molar refractivity (Wildman–Crippen MR) is 93.0 cm³/mol. The maximum absolute atomic E-state index is 4.80. The molecule has 0 fully saturated rings. The topological polar surface area (TPSA) is 17.8 Å². The van der Waals surface area contributed by atoms with Gasteiger partial charge in [-0.05, 0) is 25.2 Å². The Morgan fingerprint density at radius 1 is 1.10 bits per heavy atom. The molecule has 0 saturated carbocycles. The summed E-state index contributed by atoms with van der Waals surface area (Å²) < 4.78 is 2.44. The number of rotatable bonds is 10. The first-order chi connectivity index (χ1) is 9.97. The quantitative estimate of drug-likeness (QED) is 0.480. The van der Waals surface area contributed by atoms with Crippen LogP contribution in [-0.4, -0.2) is 9.55 Å². The lowest BCUT2D eigenvalue weighted by atomic mass is 9.80. The van der Waals surface area contributed by atoms with E-state index in [0.717, 1.165) is 6.54 Å². The number of imidazole rings is 1. The second-order valence-electron chi connectivity index (χ2n) is 7.18. The molecule has 0 bridgehead atoms. The van der Waals surface area contributed by atoms with Gasteiger partial charge in [-0.1, -0.05) is 67.2 Å². The van der Waals surface area contributed by atoms with Gasteiger partial charge in [-0.3, -0.25) is 0 Å². The minimum atomic E-state index is 0.234. The van der Waals surface area contributed by atoms with Crippen LogP contribution in [0.15, 0.2) is 6.33 Å². The van der Waals surface area contributed by atoms with Crippen molar-refractivity contribution in [3.63, 3.8) is 0 Å². The Kier molecular flexibility index (Phi) is 7.48. The van der Waals surface area contributed by atoms with Crippen molar-refractivity contribution < 1.29 is 0 Å². The van der Waals surface area contributed by atoms with E-state index in [1.165, 1.54) is 56.3 Å². The van der Waals surface area contributed by atoms with Crippen LogP contribution in [0, 0.1) is 0 Å². The summed E-state index contributed by atoms with van der Waals surface area (Å²) in [4.78, 5) is 4.80.